The van der Waals surface area contributed by atoms with Gasteiger partial charge in [0.25, 0.3) is 0 Å². The van der Waals surface area contributed by atoms with Gasteiger partial charge in [0.15, 0.2) is 0 Å². The number of nitrogens with zero attached hydrogens (tertiary/aromatic N) is 2. The van der Waals surface area contributed by atoms with E-state index in [2.05, 4.69) is 0 Å². The van der Waals surface area contributed by atoms with Crippen LogP contribution in [-0.4, -0.2) is 28.7 Å². The second kappa shape index (κ2) is 3.65. The Hall–Kier alpha value is -1.24. The Kier molecular flexibility index (Phi) is 2.76. The molecular weight excluding hydrogens is 180 g/mol. The van der Waals surface area contributed by atoms with E-state index in [1.807, 2.05) is 0 Å². The van der Waals surface area contributed by atoms with Crippen molar-refractivity contribution < 1.29 is 14.6 Å². The third kappa shape index (κ3) is 2.62. The molecule has 0 bridgehead atoms. The van der Waals surface area contributed by atoms with E-state index in [9.17, 15) is 20.2 Å². The average Bonchev–Trinajstić information content (AvgIpc) is 2.68. The van der Waals surface area contributed by atoms with E-state index in [0.717, 1.165) is 0 Å². The summed E-state index contributed by atoms with van der Waals surface area (Å²) in [6.45, 7) is 2.06. The van der Waals surface area contributed by atoms with Crippen molar-refractivity contribution >= 4 is 0 Å². The molecule has 1 rings (SSSR count). The molecule has 1 saturated heterocycles. The van der Waals surface area contributed by atoms with Crippen molar-refractivity contribution in [1.29, 1.82) is 0 Å². The van der Waals surface area contributed by atoms with Crippen LogP contribution in [0.15, 0.2) is 0 Å². The Morgan fingerprint density at radius 2 is 1.92 bits per heavy atom. The van der Waals surface area contributed by atoms with E-state index in [1.165, 1.54) is 6.92 Å². The first kappa shape index (κ1) is 9.85. The van der Waals surface area contributed by atoms with Crippen LogP contribution in [0, 0.1) is 26.1 Å². The van der Waals surface area contributed by atoms with Gasteiger partial charge in [-0.3, -0.25) is 20.2 Å². The summed E-state index contributed by atoms with van der Waals surface area (Å²) in [6.07, 6.45) is -1.34. The van der Waals surface area contributed by atoms with Gasteiger partial charge < -0.3 is 4.74 Å². The summed E-state index contributed by atoms with van der Waals surface area (Å²) in [7, 11) is 0. The normalized spacial score (nSPS) is 22.8. The highest BCUT2D eigenvalue weighted by molar-refractivity contribution is 4.73. The number of hydrogen-bond donors (Lipinski definition) is 0. The quantitative estimate of drug-likeness (QED) is 0.268. The van der Waals surface area contributed by atoms with Gasteiger partial charge in [-0.1, -0.05) is 0 Å². The molecule has 1 aliphatic rings. The first-order chi connectivity index (χ1) is 6.02. The van der Waals surface area contributed by atoms with E-state index < -0.39 is 21.9 Å². The standard InChI is InChI=1S/C6H10N2O5/c1-4(2-5-3-13-5)6(7(9)10)8(11)12/h4-6H,2-3H2,1H3. The molecule has 7 heteroatoms. The van der Waals surface area contributed by atoms with Crippen molar-refractivity contribution in [1.82, 2.24) is 0 Å². The Labute approximate surface area is 74.0 Å². The fourth-order valence-corrected chi connectivity index (χ4v) is 1.23. The van der Waals surface area contributed by atoms with Gasteiger partial charge in [-0.05, 0) is 13.3 Å². The van der Waals surface area contributed by atoms with Crippen molar-refractivity contribution in [3.63, 3.8) is 0 Å². The van der Waals surface area contributed by atoms with Gasteiger partial charge in [0.1, 0.15) is 0 Å². The molecule has 0 radical (unpaired) electrons. The van der Waals surface area contributed by atoms with Crippen molar-refractivity contribution in [2.24, 2.45) is 5.92 Å². The van der Waals surface area contributed by atoms with Gasteiger partial charge in [0.05, 0.1) is 28.5 Å². The lowest BCUT2D eigenvalue weighted by Gasteiger charge is -2.07. The third-order valence-corrected chi connectivity index (χ3v) is 1.98. The summed E-state index contributed by atoms with van der Waals surface area (Å²) in [5.74, 6) is -0.586. The van der Waals surface area contributed by atoms with Gasteiger partial charge in [-0.15, -0.1) is 0 Å². The molecule has 2 unspecified atom stereocenters. The van der Waals surface area contributed by atoms with Crippen molar-refractivity contribution in [2.75, 3.05) is 6.61 Å². The molecule has 13 heavy (non-hydrogen) atoms. The summed E-state index contributed by atoms with van der Waals surface area (Å²) in [5.41, 5.74) is 0. The minimum atomic E-state index is -1.70. The number of rotatable bonds is 5. The van der Waals surface area contributed by atoms with Crippen molar-refractivity contribution in [3.8, 4) is 0 Å². The fourth-order valence-electron chi connectivity index (χ4n) is 1.23. The lowest BCUT2D eigenvalue weighted by Crippen LogP contribution is -2.35. The van der Waals surface area contributed by atoms with E-state index in [-0.39, 0.29) is 6.10 Å². The largest absolute Gasteiger partial charge is 0.453 e. The maximum absolute atomic E-state index is 10.3. The highest BCUT2D eigenvalue weighted by Crippen LogP contribution is 2.22. The molecular formula is C6H10N2O5. The van der Waals surface area contributed by atoms with Gasteiger partial charge >= 0.3 is 6.17 Å². The number of nitro groups is 2. The monoisotopic (exact) mass is 190 g/mol. The lowest BCUT2D eigenvalue weighted by molar-refractivity contribution is -0.751. The van der Waals surface area contributed by atoms with Gasteiger partial charge in [0.2, 0.25) is 0 Å². The molecule has 0 aromatic carbocycles. The van der Waals surface area contributed by atoms with Crippen LogP contribution in [0.4, 0.5) is 0 Å². The predicted molar refractivity (Wildman–Crippen MR) is 41.3 cm³/mol. The Morgan fingerprint density at radius 1 is 1.46 bits per heavy atom. The van der Waals surface area contributed by atoms with Gasteiger partial charge in [-0.2, -0.15) is 0 Å². The van der Waals surface area contributed by atoms with Crippen LogP contribution in [0.2, 0.25) is 0 Å². The molecule has 1 heterocycles. The molecule has 74 valence electrons. The first-order valence-electron chi connectivity index (χ1n) is 3.91. The molecule has 0 aliphatic carbocycles. The number of ether oxygens (including phenoxy) is 1. The van der Waals surface area contributed by atoms with Crippen LogP contribution in [0.3, 0.4) is 0 Å². The molecule has 0 N–H and O–H groups in total. The predicted octanol–water partition coefficient (Wildman–Crippen LogP) is 0.291. The molecule has 0 aromatic heterocycles. The second-order valence-corrected chi connectivity index (χ2v) is 3.15. The Balaban J connectivity index is 2.51. The van der Waals surface area contributed by atoms with Crippen LogP contribution < -0.4 is 0 Å². The summed E-state index contributed by atoms with van der Waals surface area (Å²) in [6, 6.07) is 0. The zero-order chi connectivity index (χ0) is 10.0. The topological polar surface area (TPSA) is 98.8 Å². The minimum absolute atomic E-state index is 0.0163. The molecule has 1 aliphatic heterocycles. The summed E-state index contributed by atoms with van der Waals surface area (Å²) >= 11 is 0. The lowest BCUT2D eigenvalue weighted by atomic mass is 10.0. The summed E-state index contributed by atoms with van der Waals surface area (Å²) in [4.78, 5) is 18.9. The highest BCUT2D eigenvalue weighted by atomic mass is 16.7. The van der Waals surface area contributed by atoms with Crippen molar-refractivity contribution in [3.05, 3.63) is 20.2 Å². The van der Waals surface area contributed by atoms with E-state index in [1.54, 1.807) is 0 Å². The molecule has 0 spiro atoms. The summed E-state index contributed by atoms with van der Waals surface area (Å²) in [5, 5.41) is 20.6. The van der Waals surface area contributed by atoms with E-state index in [4.69, 9.17) is 4.74 Å². The van der Waals surface area contributed by atoms with E-state index >= 15 is 0 Å². The second-order valence-electron chi connectivity index (χ2n) is 3.15. The van der Waals surface area contributed by atoms with Crippen LogP contribution in [-0.2, 0) is 4.74 Å². The van der Waals surface area contributed by atoms with Gasteiger partial charge in [-0.25, -0.2) is 0 Å². The molecule has 0 amide bonds. The minimum Gasteiger partial charge on any atom is -0.373 e. The first-order valence-corrected chi connectivity index (χ1v) is 3.91. The molecule has 2 atom stereocenters. The number of hydrogen-bond acceptors (Lipinski definition) is 5. The Morgan fingerprint density at radius 3 is 2.23 bits per heavy atom. The van der Waals surface area contributed by atoms with Crippen LogP contribution in [0.1, 0.15) is 13.3 Å². The van der Waals surface area contributed by atoms with E-state index in [0.29, 0.717) is 13.0 Å². The van der Waals surface area contributed by atoms with Crippen LogP contribution in [0.5, 0.6) is 0 Å². The maximum Gasteiger partial charge on any atom is 0.453 e. The molecule has 1 fully saturated rings. The van der Waals surface area contributed by atoms with Crippen LogP contribution in [0.25, 0.3) is 0 Å². The summed E-state index contributed by atoms with van der Waals surface area (Å²) < 4.78 is 4.84. The fraction of sp³-hybridized carbons (Fsp3) is 1.00. The molecule has 0 aromatic rings. The average molecular weight is 190 g/mol. The Bertz CT molecular complexity index is 213. The highest BCUT2D eigenvalue weighted by Gasteiger charge is 2.42. The zero-order valence-electron chi connectivity index (χ0n) is 7.08. The molecule has 0 saturated carbocycles. The SMILES string of the molecule is CC(CC1CO1)C([N+](=O)[O-])[N+](=O)[O-]. The molecule has 7 nitrogen and oxygen atoms in total. The zero-order valence-corrected chi connectivity index (χ0v) is 7.08. The number of epoxide rings is 1. The maximum atomic E-state index is 10.3. The van der Waals surface area contributed by atoms with Gasteiger partial charge in [0, 0.05) is 0 Å². The smallest absolute Gasteiger partial charge is 0.373 e. The third-order valence-electron chi connectivity index (χ3n) is 1.98. The van der Waals surface area contributed by atoms with Crippen LogP contribution >= 0.6 is 0 Å². The van der Waals surface area contributed by atoms with Crippen molar-refractivity contribution in [2.45, 2.75) is 25.6 Å².